The van der Waals surface area contributed by atoms with E-state index in [1.165, 1.54) is 24.3 Å². The van der Waals surface area contributed by atoms with E-state index in [9.17, 15) is 9.18 Å². The molecule has 0 spiro atoms. The van der Waals surface area contributed by atoms with Gasteiger partial charge in [-0.25, -0.2) is 4.39 Å². The molecule has 0 bridgehead atoms. The van der Waals surface area contributed by atoms with E-state index >= 15 is 0 Å². The molecule has 0 radical (unpaired) electrons. The normalized spacial score (nSPS) is 12.0. The van der Waals surface area contributed by atoms with E-state index in [1.54, 1.807) is 36.4 Å². The van der Waals surface area contributed by atoms with Crippen molar-refractivity contribution in [3.05, 3.63) is 77.9 Å². The largest absolute Gasteiger partial charge is 0.486 e. The molecule has 6 heteroatoms. The average molecular weight is 343 g/mol. The van der Waals surface area contributed by atoms with Crippen LogP contribution in [0.25, 0.3) is 0 Å². The van der Waals surface area contributed by atoms with E-state index in [1.807, 2.05) is 13.0 Å². The number of halogens is 1. The summed E-state index contributed by atoms with van der Waals surface area (Å²) in [6, 6.07) is 12.4. The highest BCUT2D eigenvalue weighted by Gasteiger charge is 2.23. The number of benzene rings is 1. The van der Waals surface area contributed by atoms with E-state index in [-0.39, 0.29) is 30.1 Å². The summed E-state index contributed by atoms with van der Waals surface area (Å²) in [7, 11) is 1.69. The number of carbonyl (C=O) groups excluding carboxylic acids is 1. The number of amides is 1. The Kier molecular flexibility index (Phi) is 4.88. The molecule has 1 atom stereocenters. The Bertz CT molecular complexity index is 823. The van der Waals surface area contributed by atoms with Gasteiger partial charge in [0, 0.05) is 7.05 Å². The van der Waals surface area contributed by atoms with Crippen LogP contribution in [0, 0.1) is 5.82 Å². The van der Waals surface area contributed by atoms with Gasteiger partial charge in [-0.05, 0) is 55.5 Å². The summed E-state index contributed by atoms with van der Waals surface area (Å²) < 4.78 is 29.3. The number of rotatable bonds is 6. The van der Waals surface area contributed by atoms with E-state index in [4.69, 9.17) is 13.6 Å². The summed E-state index contributed by atoms with van der Waals surface area (Å²) in [5.41, 5.74) is 0. The zero-order chi connectivity index (χ0) is 17.8. The fourth-order valence-electron chi connectivity index (χ4n) is 2.33. The first kappa shape index (κ1) is 16.8. The molecule has 25 heavy (non-hydrogen) atoms. The minimum Gasteiger partial charge on any atom is -0.486 e. The maximum Gasteiger partial charge on any atom is 0.289 e. The second-order valence-corrected chi connectivity index (χ2v) is 5.62. The van der Waals surface area contributed by atoms with E-state index in [0.717, 1.165) is 0 Å². The Balaban J connectivity index is 1.62. The summed E-state index contributed by atoms with van der Waals surface area (Å²) in [6.07, 6.45) is 1.57. The van der Waals surface area contributed by atoms with Crippen molar-refractivity contribution in [1.82, 2.24) is 4.90 Å². The number of furan rings is 2. The van der Waals surface area contributed by atoms with Gasteiger partial charge in [0.15, 0.2) is 5.76 Å². The third kappa shape index (κ3) is 3.91. The second kappa shape index (κ2) is 7.25. The maximum absolute atomic E-state index is 12.9. The van der Waals surface area contributed by atoms with Gasteiger partial charge in [-0.15, -0.1) is 0 Å². The Morgan fingerprint density at radius 1 is 1.20 bits per heavy atom. The van der Waals surface area contributed by atoms with Gasteiger partial charge >= 0.3 is 0 Å². The summed E-state index contributed by atoms with van der Waals surface area (Å²) in [4.78, 5) is 14.1. The fourth-order valence-corrected chi connectivity index (χ4v) is 2.33. The number of carbonyl (C=O) groups is 1. The van der Waals surface area contributed by atoms with Crippen LogP contribution >= 0.6 is 0 Å². The zero-order valence-corrected chi connectivity index (χ0v) is 13.9. The molecule has 2 heterocycles. The van der Waals surface area contributed by atoms with Gasteiger partial charge in [0.25, 0.3) is 5.91 Å². The molecular weight excluding hydrogens is 325 g/mol. The molecule has 0 fully saturated rings. The first-order valence-electron chi connectivity index (χ1n) is 7.82. The summed E-state index contributed by atoms with van der Waals surface area (Å²) in [5, 5.41) is 0. The number of ether oxygens (including phenoxy) is 1. The molecule has 0 unspecified atom stereocenters. The second-order valence-electron chi connectivity index (χ2n) is 5.62. The molecule has 0 saturated heterocycles. The lowest BCUT2D eigenvalue weighted by atomic mass is 10.2. The van der Waals surface area contributed by atoms with Crippen LogP contribution in [0.15, 0.2) is 63.6 Å². The number of nitrogens with zero attached hydrogens (tertiary/aromatic N) is 1. The minimum atomic E-state index is -0.327. The van der Waals surface area contributed by atoms with Crippen LogP contribution in [0.1, 0.15) is 35.0 Å². The highest BCUT2D eigenvalue weighted by molar-refractivity contribution is 5.91. The van der Waals surface area contributed by atoms with Gasteiger partial charge in [0.2, 0.25) is 0 Å². The molecule has 130 valence electrons. The van der Waals surface area contributed by atoms with Crippen LogP contribution in [0.2, 0.25) is 0 Å². The van der Waals surface area contributed by atoms with Crippen molar-refractivity contribution in [1.29, 1.82) is 0 Å². The van der Waals surface area contributed by atoms with Crippen LogP contribution in [0.5, 0.6) is 5.75 Å². The quantitative estimate of drug-likeness (QED) is 0.665. The van der Waals surface area contributed by atoms with Crippen LogP contribution in [0.3, 0.4) is 0 Å². The number of hydrogen-bond donors (Lipinski definition) is 0. The standard InChI is InChI=1S/C19H18FNO4/c1-13(17-4-3-11-23-17)21(2)19(22)18-10-9-16(25-18)12-24-15-7-5-14(20)6-8-15/h3-11,13H,12H2,1-2H3/t13-/m1/s1. The Morgan fingerprint density at radius 3 is 2.64 bits per heavy atom. The highest BCUT2D eigenvalue weighted by atomic mass is 19.1. The van der Waals surface area contributed by atoms with Crippen molar-refractivity contribution in [2.24, 2.45) is 0 Å². The van der Waals surface area contributed by atoms with Crippen LogP contribution in [0.4, 0.5) is 4.39 Å². The molecule has 0 N–H and O–H groups in total. The van der Waals surface area contributed by atoms with Crippen LogP contribution in [-0.4, -0.2) is 17.9 Å². The van der Waals surface area contributed by atoms with Gasteiger partial charge in [-0.2, -0.15) is 0 Å². The van der Waals surface area contributed by atoms with Crippen molar-refractivity contribution in [3.63, 3.8) is 0 Å². The first-order valence-corrected chi connectivity index (χ1v) is 7.82. The smallest absolute Gasteiger partial charge is 0.289 e. The molecule has 1 aromatic carbocycles. The predicted molar refractivity (Wildman–Crippen MR) is 88.7 cm³/mol. The van der Waals surface area contributed by atoms with Crippen LogP contribution < -0.4 is 4.74 Å². The van der Waals surface area contributed by atoms with Crippen LogP contribution in [-0.2, 0) is 6.61 Å². The van der Waals surface area contributed by atoms with Gasteiger partial charge < -0.3 is 18.5 Å². The molecule has 3 aromatic rings. The Labute approximate surface area is 144 Å². The van der Waals surface area contributed by atoms with Gasteiger partial charge in [0.1, 0.15) is 29.7 Å². The summed E-state index contributed by atoms with van der Waals surface area (Å²) in [6.45, 7) is 2.02. The van der Waals surface area contributed by atoms with E-state index in [2.05, 4.69) is 0 Å². The lowest BCUT2D eigenvalue weighted by Crippen LogP contribution is -2.29. The van der Waals surface area contributed by atoms with E-state index in [0.29, 0.717) is 17.3 Å². The van der Waals surface area contributed by atoms with Gasteiger partial charge in [0.05, 0.1) is 12.3 Å². The monoisotopic (exact) mass is 343 g/mol. The SMILES string of the molecule is C[C@H](c1ccco1)N(C)C(=O)c1ccc(COc2ccc(F)cc2)o1. The van der Waals surface area contributed by atoms with Crippen molar-refractivity contribution < 1.29 is 22.8 Å². The van der Waals surface area contributed by atoms with Crippen molar-refractivity contribution in [2.75, 3.05) is 7.05 Å². The minimum absolute atomic E-state index is 0.149. The lowest BCUT2D eigenvalue weighted by molar-refractivity contribution is 0.0690. The van der Waals surface area contributed by atoms with Crippen molar-refractivity contribution in [2.45, 2.75) is 19.6 Å². The average Bonchev–Trinajstić information content (AvgIpc) is 3.31. The zero-order valence-electron chi connectivity index (χ0n) is 13.9. The lowest BCUT2D eigenvalue weighted by Gasteiger charge is -2.22. The molecule has 1 amide bonds. The third-order valence-corrected chi connectivity index (χ3v) is 3.92. The first-order chi connectivity index (χ1) is 12.0. The molecular formula is C19H18FNO4. The molecule has 0 aliphatic rings. The molecule has 0 aliphatic carbocycles. The molecule has 2 aromatic heterocycles. The Hall–Kier alpha value is -3.02. The summed E-state index contributed by atoms with van der Waals surface area (Å²) >= 11 is 0. The number of hydrogen-bond acceptors (Lipinski definition) is 4. The fraction of sp³-hybridized carbons (Fsp3) is 0.211. The maximum atomic E-state index is 12.9. The van der Waals surface area contributed by atoms with E-state index < -0.39 is 0 Å². The molecule has 3 rings (SSSR count). The topological polar surface area (TPSA) is 55.8 Å². The van der Waals surface area contributed by atoms with Crippen molar-refractivity contribution in [3.8, 4) is 5.75 Å². The van der Waals surface area contributed by atoms with Crippen molar-refractivity contribution >= 4 is 5.91 Å². The summed E-state index contributed by atoms with van der Waals surface area (Å²) in [5.74, 6) is 1.37. The van der Waals surface area contributed by atoms with Gasteiger partial charge in [-0.1, -0.05) is 0 Å². The third-order valence-electron chi connectivity index (χ3n) is 3.92. The molecule has 0 saturated carbocycles. The molecule has 5 nitrogen and oxygen atoms in total. The highest BCUT2D eigenvalue weighted by Crippen LogP contribution is 2.22. The predicted octanol–water partition coefficient (Wildman–Crippen LogP) is 4.42. The Morgan fingerprint density at radius 2 is 1.96 bits per heavy atom. The molecule has 0 aliphatic heterocycles. The van der Waals surface area contributed by atoms with Gasteiger partial charge in [-0.3, -0.25) is 4.79 Å².